The van der Waals surface area contributed by atoms with Gasteiger partial charge in [-0.2, -0.15) is 0 Å². The molecule has 0 bridgehead atoms. The van der Waals surface area contributed by atoms with Gasteiger partial charge in [-0.15, -0.1) is 0 Å². The molecule has 3 heteroatoms. The normalized spacial score (nSPS) is 11.9. The molecule has 0 saturated carbocycles. The molecule has 2 aromatic rings. The standard InChI is InChI=1S/C16H21BrN2/c1-6-18-15-12(16(3,4)5)9-11-10(2)7-8-13(17)14(11)19-15/h7-9H,6H2,1-5H3,(H,18,19). The average Bonchev–Trinajstić information content (AvgIpc) is 2.33. The molecule has 1 N–H and O–H groups in total. The molecule has 2 nitrogen and oxygen atoms in total. The number of rotatable bonds is 2. The van der Waals surface area contributed by atoms with E-state index in [2.05, 4.69) is 74.1 Å². The topological polar surface area (TPSA) is 24.9 Å². The molecule has 0 aliphatic heterocycles. The number of halogens is 1. The Hall–Kier alpha value is -1.09. The number of aromatic nitrogens is 1. The van der Waals surface area contributed by atoms with E-state index in [1.165, 1.54) is 16.5 Å². The van der Waals surface area contributed by atoms with Gasteiger partial charge in [0.1, 0.15) is 5.82 Å². The van der Waals surface area contributed by atoms with Gasteiger partial charge < -0.3 is 5.32 Å². The third-order valence-electron chi connectivity index (χ3n) is 3.31. The number of fused-ring (bicyclic) bond motifs is 1. The minimum absolute atomic E-state index is 0.0768. The zero-order valence-electron chi connectivity index (χ0n) is 12.3. The van der Waals surface area contributed by atoms with E-state index in [1.807, 2.05) is 0 Å². The first-order chi connectivity index (χ1) is 8.84. The van der Waals surface area contributed by atoms with E-state index in [4.69, 9.17) is 4.98 Å². The zero-order valence-corrected chi connectivity index (χ0v) is 13.9. The van der Waals surface area contributed by atoms with Crippen LogP contribution in [0.3, 0.4) is 0 Å². The lowest BCUT2D eigenvalue weighted by Gasteiger charge is -2.23. The number of benzene rings is 1. The Labute approximate surface area is 123 Å². The molecule has 0 fully saturated rings. The SMILES string of the molecule is CCNc1nc2c(Br)ccc(C)c2cc1C(C)(C)C. The largest absolute Gasteiger partial charge is 0.370 e. The fourth-order valence-corrected chi connectivity index (χ4v) is 2.67. The fourth-order valence-electron chi connectivity index (χ4n) is 2.24. The Balaban J connectivity index is 2.80. The highest BCUT2D eigenvalue weighted by Crippen LogP contribution is 2.34. The summed E-state index contributed by atoms with van der Waals surface area (Å²) < 4.78 is 1.05. The van der Waals surface area contributed by atoms with E-state index >= 15 is 0 Å². The van der Waals surface area contributed by atoms with Gasteiger partial charge >= 0.3 is 0 Å². The number of nitrogens with one attached hydrogen (secondary N) is 1. The summed E-state index contributed by atoms with van der Waals surface area (Å²) in [6, 6.07) is 6.48. The van der Waals surface area contributed by atoms with Crippen LogP contribution in [-0.4, -0.2) is 11.5 Å². The minimum atomic E-state index is 0.0768. The van der Waals surface area contributed by atoms with Gasteiger partial charge in [0.15, 0.2) is 0 Å². The molecule has 0 saturated heterocycles. The summed E-state index contributed by atoms with van der Waals surface area (Å²) in [7, 11) is 0. The zero-order chi connectivity index (χ0) is 14.2. The van der Waals surface area contributed by atoms with Crippen molar-refractivity contribution in [1.29, 1.82) is 0 Å². The summed E-state index contributed by atoms with van der Waals surface area (Å²) in [4.78, 5) is 4.83. The molecule has 2 rings (SSSR count). The Morgan fingerprint density at radius 2 is 1.95 bits per heavy atom. The van der Waals surface area contributed by atoms with Gasteiger partial charge in [0, 0.05) is 22.0 Å². The first-order valence-electron chi connectivity index (χ1n) is 6.68. The van der Waals surface area contributed by atoms with E-state index in [9.17, 15) is 0 Å². The lowest BCUT2D eigenvalue weighted by atomic mass is 9.86. The number of pyridine rings is 1. The molecule has 0 spiro atoms. The Kier molecular flexibility index (Phi) is 3.86. The van der Waals surface area contributed by atoms with Crippen LogP contribution in [0.2, 0.25) is 0 Å². The van der Waals surface area contributed by atoms with E-state index in [1.54, 1.807) is 0 Å². The predicted octanol–water partition coefficient (Wildman–Crippen LogP) is 5.04. The van der Waals surface area contributed by atoms with Gasteiger partial charge in [-0.1, -0.05) is 26.8 Å². The van der Waals surface area contributed by atoms with Crippen LogP contribution in [0.15, 0.2) is 22.7 Å². The van der Waals surface area contributed by atoms with Gasteiger partial charge in [0.05, 0.1) is 5.52 Å². The molecule has 1 aromatic heterocycles. The molecule has 0 aliphatic rings. The summed E-state index contributed by atoms with van der Waals surface area (Å²) in [6.45, 7) is 11.8. The van der Waals surface area contributed by atoms with Crippen LogP contribution in [-0.2, 0) is 5.41 Å². The second-order valence-corrected chi connectivity index (χ2v) is 6.78. The fraction of sp³-hybridized carbons (Fsp3) is 0.438. The maximum Gasteiger partial charge on any atom is 0.130 e. The van der Waals surface area contributed by atoms with Crippen molar-refractivity contribution in [2.75, 3.05) is 11.9 Å². The van der Waals surface area contributed by atoms with Crippen LogP contribution < -0.4 is 5.32 Å². The monoisotopic (exact) mass is 320 g/mol. The Morgan fingerprint density at radius 1 is 1.26 bits per heavy atom. The molecule has 0 amide bonds. The quantitative estimate of drug-likeness (QED) is 0.838. The number of hydrogen-bond donors (Lipinski definition) is 1. The highest BCUT2D eigenvalue weighted by atomic mass is 79.9. The lowest BCUT2D eigenvalue weighted by Crippen LogP contribution is -2.16. The van der Waals surface area contributed by atoms with Crippen molar-refractivity contribution in [3.05, 3.63) is 33.8 Å². The minimum Gasteiger partial charge on any atom is -0.370 e. The highest BCUT2D eigenvalue weighted by Gasteiger charge is 2.20. The smallest absolute Gasteiger partial charge is 0.130 e. The lowest BCUT2D eigenvalue weighted by molar-refractivity contribution is 0.590. The van der Waals surface area contributed by atoms with Crippen LogP contribution in [0, 0.1) is 6.92 Å². The maximum atomic E-state index is 4.83. The molecule has 102 valence electrons. The Morgan fingerprint density at radius 3 is 2.53 bits per heavy atom. The number of anilines is 1. The molecular formula is C16H21BrN2. The summed E-state index contributed by atoms with van der Waals surface area (Å²) >= 11 is 3.60. The van der Waals surface area contributed by atoms with Crippen molar-refractivity contribution in [2.24, 2.45) is 0 Å². The molecule has 0 unspecified atom stereocenters. The van der Waals surface area contributed by atoms with Gasteiger partial charge in [0.2, 0.25) is 0 Å². The molecule has 19 heavy (non-hydrogen) atoms. The molecule has 1 aromatic carbocycles. The van der Waals surface area contributed by atoms with Gasteiger partial charge in [-0.25, -0.2) is 4.98 Å². The molecule has 0 atom stereocenters. The van der Waals surface area contributed by atoms with Gasteiger partial charge in [-0.05, 0) is 52.9 Å². The van der Waals surface area contributed by atoms with Gasteiger partial charge in [0.25, 0.3) is 0 Å². The third-order valence-corrected chi connectivity index (χ3v) is 3.95. The van der Waals surface area contributed by atoms with E-state index < -0.39 is 0 Å². The van der Waals surface area contributed by atoms with Crippen molar-refractivity contribution >= 4 is 32.7 Å². The van der Waals surface area contributed by atoms with Crippen molar-refractivity contribution in [3.8, 4) is 0 Å². The van der Waals surface area contributed by atoms with Gasteiger partial charge in [-0.3, -0.25) is 0 Å². The van der Waals surface area contributed by atoms with Crippen molar-refractivity contribution < 1.29 is 0 Å². The first kappa shape index (κ1) is 14.3. The van der Waals surface area contributed by atoms with Crippen LogP contribution in [0.5, 0.6) is 0 Å². The second kappa shape index (κ2) is 5.12. The highest BCUT2D eigenvalue weighted by molar-refractivity contribution is 9.10. The van der Waals surface area contributed by atoms with E-state index in [0.717, 1.165) is 22.4 Å². The van der Waals surface area contributed by atoms with Crippen molar-refractivity contribution in [1.82, 2.24) is 4.98 Å². The summed E-state index contributed by atoms with van der Waals surface area (Å²) in [5, 5.41) is 4.61. The molecule has 0 radical (unpaired) electrons. The molecule has 1 heterocycles. The van der Waals surface area contributed by atoms with E-state index in [-0.39, 0.29) is 5.41 Å². The first-order valence-corrected chi connectivity index (χ1v) is 7.48. The molecule has 0 aliphatic carbocycles. The van der Waals surface area contributed by atoms with Crippen LogP contribution in [0.1, 0.15) is 38.8 Å². The number of nitrogens with zero attached hydrogens (tertiary/aromatic N) is 1. The van der Waals surface area contributed by atoms with Crippen molar-refractivity contribution in [3.63, 3.8) is 0 Å². The van der Waals surface area contributed by atoms with Crippen LogP contribution in [0.25, 0.3) is 10.9 Å². The average molecular weight is 321 g/mol. The second-order valence-electron chi connectivity index (χ2n) is 5.93. The van der Waals surface area contributed by atoms with Crippen LogP contribution >= 0.6 is 15.9 Å². The summed E-state index contributed by atoms with van der Waals surface area (Å²) in [5.74, 6) is 0.994. The van der Waals surface area contributed by atoms with Crippen LogP contribution in [0.4, 0.5) is 5.82 Å². The molecular weight excluding hydrogens is 300 g/mol. The van der Waals surface area contributed by atoms with E-state index in [0.29, 0.717) is 0 Å². The number of hydrogen-bond acceptors (Lipinski definition) is 2. The Bertz CT molecular complexity index is 612. The number of aryl methyl sites for hydroxylation is 1. The predicted molar refractivity (Wildman–Crippen MR) is 87.0 cm³/mol. The maximum absolute atomic E-state index is 4.83. The summed E-state index contributed by atoms with van der Waals surface area (Å²) in [6.07, 6.45) is 0. The van der Waals surface area contributed by atoms with Crippen molar-refractivity contribution in [2.45, 2.75) is 40.0 Å². The summed E-state index contributed by atoms with van der Waals surface area (Å²) in [5.41, 5.74) is 3.64. The third kappa shape index (κ3) is 2.76.